The smallest absolute Gasteiger partial charge is 0.255 e. The summed E-state index contributed by atoms with van der Waals surface area (Å²) >= 11 is 8.02. The van der Waals surface area contributed by atoms with Crippen molar-refractivity contribution in [2.24, 2.45) is 11.8 Å². The SMILES string of the molecule is C[C@@]1(O)C2CC[C@H]1C[C@H](Sc1cc(C(=O)Nc3ccc(F)c(F)c3)ccc1Cl)C2. The molecule has 4 atom stereocenters. The summed E-state index contributed by atoms with van der Waals surface area (Å²) in [5, 5.41) is 14.2. The summed E-state index contributed by atoms with van der Waals surface area (Å²) < 4.78 is 26.4. The number of carbonyl (C=O) groups is 1. The Hall–Kier alpha value is -1.63. The number of thioether (sulfide) groups is 1. The number of halogens is 3. The molecule has 2 N–H and O–H groups in total. The number of rotatable bonds is 4. The normalized spacial score (nSPS) is 28.4. The van der Waals surface area contributed by atoms with E-state index in [0.29, 0.717) is 27.7 Å². The van der Waals surface area contributed by atoms with Crippen molar-refractivity contribution in [2.45, 2.75) is 48.4 Å². The summed E-state index contributed by atoms with van der Waals surface area (Å²) in [6.07, 6.45) is 3.96. The van der Waals surface area contributed by atoms with E-state index in [-0.39, 0.29) is 5.69 Å². The molecular weight excluding hydrogens is 416 g/mol. The number of fused-ring (bicyclic) bond motifs is 2. The second-order valence-electron chi connectivity index (χ2n) is 8.14. The molecular formula is C22H22ClF2NO2S. The lowest BCUT2D eigenvalue weighted by atomic mass is 9.76. The van der Waals surface area contributed by atoms with Gasteiger partial charge in [0, 0.05) is 27.5 Å². The molecule has 0 heterocycles. The van der Waals surface area contributed by atoms with Crippen molar-refractivity contribution in [2.75, 3.05) is 5.32 Å². The Labute approximate surface area is 177 Å². The van der Waals surface area contributed by atoms with Crippen molar-refractivity contribution in [3.8, 4) is 0 Å². The van der Waals surface area contributed by atoms with Crippen LogP contribution in [0, 0.1) is 23.5 Å². The fraction of sp³-hybridized carbons (Fsp3) is 0.409. The Morgan fingerprint density at radius 2 is 1.83 bits per heavy atom. The largest absolute Gasteiger partial charge is 0.390 e. The van der Waals surface area contributed by atoms with Crippen molar-refractivity contribution in [1.82, 2.24) is 0 Å². The van der Waals surface area contributed by atoms with Crippen molar-refractivity contribution in [3.05, 3.63) is 58.6 Å². The van der Waals surface area contributed by atoms with Crippen LogP contribution in [0.5, 0.6) is 0 Å². The highest BCUT2D eigenvalue weighted by Crippen LogP contribution is 2.53. The van der Waals surface area contributed by atoms with Crippen LogP contribution in [0.15, 0.2) is 41.3 Å². The lowest BCUT2D eigenvalue weighted by Gasteiger charge is -2.40. The summed E-state index contributed by atoms with van der Waals surface area (Å²) in [5.41, 5.74) is 0.00377. The van der Waals surface area contributed by atoms with Gasteiger partial charge in [0.15, 0.2) is 11.6 Å². The molecule has 7 heteroatoms. The molecule has 3 nitrogen and oxygen atoms in total. The molecule has 0 aromatic heterocycles. The predicted octanol–water partition coefficient (Wildman–Crippen LogP) is 5.90. The highest BCUT2D eigenvalue weighted by molar-refractivity contribution is 8.00. The molecule has 2 bridgehead atoms. The highest BCUT2D eigenvalue weighted by Gasteiger charge is 2.50. The average Bonchev–Trinajstić information content (AvgIpc) is 2.84. The number of nitrogens with one attached hydrogen (secondary N) is 1. The third kappa shape index (κ3) is 4.16. The zero-order valence-electron chi connectivity index (χ0n) is 15.9. The van der Waals surface area contributed by atoms with E-state index < -0.39 is 23.1 Å². The van der Waals surface area contributed by atoms with Crippen LogP contribution in [0.2, 0.25) is 5.02 Å². The number of aliphatic hydroxyl groups is 1. The van der Waals surface area contributed by atoms with E-state index in [1.165, 1.54) is 6.07 Å². The molecule has 0 radical (unpaired) electrons. The molecule has 0 saturated heterocycles. The van der Waals surface area contributed by atoms with Gasteiger partial charge >= 0.3 is 0 Å². The van der Waals surface area contributed by atoms with E-state index in [4.69, 9.17) is 11.6 Å². The van der Waals surface area contributed by atoms with Crippen molar-refractivity contribution < 1.29 is 18.7 Å². The van der Waals surface area contributed by atoms with Crippen molar-refractivity contribution in [3.63, 3.8) is 0 Å². The molecule has 1 amide bonds. The van der Waals surface area contributed by atoms with E-state index in [9.17, 15) is 18.7 Å². The molecule has 29 heavy (non-hydrogen) atoms. The zero-order valence-corrected chi connectivity index (χ0v) is 17.5. The molecule has 2 aromatic rings. The van der Waals surface area contributed by atoms with Gasteiger partial charge in [-0.2, -0.15) is 0 Å². The highest BCUT2D eigenvalue weighted by atomic mass is 35.5. The molecule has 2 aliphatic rings. The quantitative estimate of drug-likeness (QED) is 0.625. The number of hydrogen-bond donors (Lipinski definition) is 2. The Balaban J connectivity index is 1.47. The standard InChI is InChI=1S/C22H22ClF2NO2S/c1-22(28)13-3-4-14(22)10-16(9-13)29-20-8-12(2-6-17(20)23)21(27)26-15-5-7-18(24)19(25)11-15/h2,5-8,11,13-14,16,28H,3-4,9-10H2,1H3,(H,26,27)/t13-,14?,16-,22-/m0/s1. The average molecular weight is 438 g/mol. The minimum Gasteiger partial charge on any atom is -0.390 e. The van der Waals surface area contributed by atoms with Gasteiger partial charge in [0.2, 0.25) is 0 Å². The molecule has 4 rings (SSSR count). The second-order valence-corrected chi connectivity index (χ2v) is 9.89. The Morgan fingerprint density at radius 3 is 2.48 bits per heavy atom. The zero-order chi connectivity index (χ0) is 20.8. The number of amides is 1. The first-order valence-electron chi connectivity index (χ1n) is 9.69. The summed E-state index contributed by atoms with van der Waals surface area (Å²) in [4.78, 5) is 13.4. The molecule has 0 spiro atoms. The van der Waals surface area contributed by atoms with E-state index in [1.54, 1.807) is 30.0 Å². The second kappa shape index (κ2) is 7.89. The maximum atomic E-state index is 13.4. The fourth-order valence-electron chi connectivity index (χ4n) is 4.55. The summed E-state index contributed by atoms with van der Waals surface area (Å²) in [5.74, 6) is -1.79. The van der Waals surface area contributed by atoms with Crippen molar-refractivity contribution in [1.29, 1.82) is 0 Å². The Kier molecular flexibility index (Phi) is 5.62. The van der Waals surface area contributed by atoms with Crippen LogP contribution in [0.3, 0.4) is 0 Å². The monoisotopic (exact) mass is 437 g/mol. The third-order valence-electron chi connectivity index (χ3n) is 6.28. The molecule has 2 aromatic carbocycles. The van der Waals surface area contributed by atoms with Crippen molar-refractivity contribution >= 4 is 35.0 Å². The van der Waals surface area contributed by atoms with Gasteiger partial charge in [-0.1, -0.05) is 11.6 Å². The van der Waals surface area contributed by atoms with Gasteiger partial charge in [-0.3, -0.25) is 4.79 Å². The maximum absolute atomic E-state index is 13.4. The van der Waals surface area contributed by atoms with Gasteiger partial charge in [0.05, 0.1) is 10.6 Å². The molecule has 2 fully saturated rings. The van der Waals surface area contributed by atoms with E-state index in [2.05, 4.69) is 5.32 Å². The van der Waals surface area contributed by atoms with Crippen LogP contribution in [0.1, 0.15) is 43.0 Å². The van der Waals surface area contributed by atoms with Gasteiger partial charge in [0.25, 0.3) is 5.91 Å². The van der Waals surface area contributed by atoms with E-state index in [1.807, 2.05) is 6.92 Å². The Bertz CT molecular complexity index is 936. The Morgan fingerprint density at radius 1 is 1.14 bits per heavy atom. The van der Waals surface area contributed by atoms with Crippen LogP contribution >= 0.6 is 23.4 Å². The summed E-state index contributed by atoms with van der Waals surface area (Å²) in [7, 11) is 0. The van der Waals surface area contributed by atoms with Gasteiger partial charge in [-0.25, -0.2) is 8.78 Å². The van der Waals surface area contributed by atoms with Crippen LogP contribution in [0.4, 0.5) is 14.5 Å². The first-order chi connectivity index (χ1) is 13.7. The lowest BCUT2D eigenvalue weighted by Crippen LogP contribution is -2.42. The van der Waals surface area contributed by atoms with E-state index >= 15 is 0 Å². The topological polar surface area (TPSA) is 49.3 Å². The molecule has 154 valence electrons. The first-order valence-corrected chi connectivity index (χ1v) is 10.9. The van der Waals surface area contributed by atoms with Crippen LogP contribution in [-0.2, 0) is 0 Å². The molecule has 0 aliphatic heterocycles. The van der Waals surface area contributed by atoms with Crippen LogP contribution in [-0.4, -0.2) is 21.9 Å². The molecule has 2 saturated carbocycles. The van der Waals surface area contributed by atoms with Crippen LogP contribution in [0.25, 0.3) is 0 Å². The minimum atomic E-state index is -1.02. The fourth-order valence-corrected chi connectivity index (χ4v) is 6.19. The number of benzene rings is 2. The summed E-state index contributed by atoms with van der Waals surface area (Å²) in [6.45, 7) is 1.95. The predicted molar refractivity (Wildman–Crippen MR) is 111 cm³/mol. The lowest BCUT2D eigenvalue weighted by molar-refractivity contribution is -0.0407. The maximum Gasteiger partial charge on any atom is 0.255 e. The number of anilines is 1. The van der Waals surface area contributed by atoms with Gasteiger partial charge in [-0.05, 0) is 74.8 Å². The number of hydrogen-bond acceptors (Lipinski definition) is 3. The summed E-state index contributed by atoms with van der Waals surface area (Å²) in [6, 6.07) is 8.25. The molecule has 2 aliphatic carbocycles. The number of carbonyl (C=O) groups excluding carboxylic acids is 1. The van der Waals surface area contributed by atoms with Crippen LogP contribution < -0.4 is 5.32 Å². The molecule has 1 unspecified atom stereocenters. The van der Waals surface area contributed by atoms with Gasteiger partial charge < -0.3 is 10.4 Å². The minimum absolute atomic E-state index is 0.184. The van der Waals surface area contributed by atoms with Gasteiger partial charge in [-0.15, -0.1) is 11.8 Å². The van der Waals surface area contributed by atoms with Gasteiger partial charge in [0.1, 0.15) is 0 Å². The first kappa shape index (κ1) is 20.6. The van der Waals surface area contributed by atoms with E-state index in [0.717, 1.165) is 42.7 Å². The third-order valence-corrected chi connectivity index (χ3v) is 8.03.